The predicted octanol–water partition coefficient (Wildman–Crippen LogP) is -1.05. The molecular formula is C6H9Li. The molecular weight excluding hydrogens is 79.0 g/mol. The van der Waals surface area contributed by atoms with Gasteiger partial charge in [-0.3, -0.25) is 6.08 Å². The molecule has 0 heterocycles. The second kappa shape index (κ2) is 9.42. The Bertz CT molecular complexity index is 52.6. The summed E-state index contributed by atoms with van der Waals surface area (Å²) in [5.74, 6) is 0. The van der Waals surface area contributed by atoms with Gasteiger partial charge in [-0.05, 0) is 0 Å². The summed E-state index contributed by atoms with van der Waals surface area (Å²) in [5, 5.41) is 0. The van der Waals surface area contributed by atoms with Crippen LogP contribution in [-0.2, 0) is 0 Å². The van der Waals surface area contributed by atoms with E-state index < -0.39 is 0 Å². The van der Waals surface area contributed by atoms with Gasteiger partial charge in [0.1, 0.15) is 0 Å². The Labute approximate surface area is 57.5 Å². The maximum absolute atomic E-state index is 2.86. The van der Waals surface area contributed by atoms with Gasteiger partial charge in [-0.15, -0.1) is 6.92 Å². The van der Waals surface area contributed by atoms with Crippen molar-refractivity contribution < 1.29 is 18.9 Å². The smallest absolute Gasteiger partial charge is 0.279 e. The van der Waals surface area contributed by atoms with E-state index in [2.05, 4.69) is 6.08 Å². The molecule has 0 aromatic heterocycles. The van der Waals surface area contributed by atoms with E-state index >= 15 is 0 Å². The molecule has 0 aliphatic heterocycles. The van der Waals surface area contributed by atoms with Crippen LogP contribution in [0, 0.1) is 6.08 Å². The Morgan fingerprint density at radius 3 is 2.14 bits per heavy atom. The SMILES string of the molecule is C[C-]=C/C=C/C.[Li+]. The van der Waals surface area contributed by atoms with Crippen LogP contribution in [0.25, 0.3) is 0 Å². The van der Waals surface area contributed by atoms with Crippen molar-refractivity contribution in [1.29, 1.82) is 0 Å². The van der Waals surface area contributed by atoms with Crippen molar-refractivity contribution in [2.45, 2.75) is 13.8 Å². The topological polar surface area (TPSA) is 0 Å². The van der Waals surface area contributed by atoms with Crippen LogP contribution < -0.4 is 18.9 Å². The number of hydrogen-bond donors (Lipinski definition) is 0. The van der Waals surface area contributed by atoms with Crippen molar-refractivity contribution >= 4 is 0 Å². The molecule has 0 nitrogen and oxygen atoms in total. The molecule has 0 aromatic carbocycles. The minimum absolute atomic E-state index is 0. The molecule has 0 aromatic rings. The van der Waals surface area contributed by atoms with Gasteiger partial charge in [0.2, 0.25) is 0 Å². The summed E-state index contributed by atoms with van der Waals surface area (Å²) in [6.45, 7) is 3.86. The summed E-state index contributed by atoms with van der Waals surface area (Å²) in [7, 11) is 0. The molecule has 0 bridgehead atoms. The van der Waals surface area contributed by atoms with E-state index in [4.69, 9.17) is 0 Å². The summed E-state index contributed by atoms with van der Waals surface area (Å²) in [5.41, 5.74) is 0. The van der Waals surface area contributed by atoms with E-state index in [1.54, 1.807) is 0 Å². The first kappa shape index (κ1) is 10.1. The maximum atomic E-state index is 2.86. The van der Waals surface area contributed by atoms with Crippen LogP contribution in [-0.4, -0.2) is 0 Å². The first-order chi connectivity index (χ1) is 2.91. The van der Waals surface area contributed by atoms with Gasteiger partial charge in [-0.1, -0.05) is 6.92 Å². The first-order valence-electron chi connectivity index (χ1n) is 2.03. The van der Waals surface area contributed by atoms with Crippen molar-refractivity contribution in [1.82, 2.24) is 0 Å². The standard InChI is InChI=1S/C6H9.Li/c1-3-5-6-4-2;/h3,5-6H,1-2H3;/q-1;+1/b5-3+;. The van der Waals surface area contributed by atoms with E-state index in [1.807, 2.05) is 32.1 Å². The van der Waals surface area contributed by atoms with E-state index in [1.165, 1.54) is 0 Å². The van der Waals surface area contributed by atoms with E-state index in [0.29, 0.717) is 0 Å². The molecule has 0 aliphatic carbocycles. The van der Waals surface area contributed by atoms with Crippen LogP contribution >= 0.6 is 0 Å². The molecule has 34 valence electrons. The van der Waals surface area contributed by atoms with Gasteiger partial charge >= 0.3 is 18.9 Å². The molecule has 0 atom stereocenters. The average Bonchev–Trinajstić information content (AvgIpc) is 1.61. The number of hydrogen-bond acceptors (Lipinski definition) is 0. The monoisotopic (exact) mass is 88.1 g/mol. The molecule has 0 radical (unpaired) electrons. The van der Waals surface area contributed by atoms with Crippen molar-refractivity contribution in [2.24, 2.45) is 0 Å². The Balaban J connectivity index is 0. The van der Waals surface area contributed by atoms with Gasteiger partial charge in [0.25, 0.3) is 0 Å². The Morgan fingerprint density at radius 2 is 2.00 bits per heavy atom. The third-order valence-corrected chi connectivity index (χ3v) is 0.455. The molecule has 0 amide bonds. The summed E-state index contributed by atoms with van der Waals surface area (Å²) in [4.78, 5) is 0. The number of rotatable bonds is 1. The van der Waals surface area contributed by atoms with Crippen LogP contribution in [0.3, 0.4) is 0 Å². The summed E-state index contributed by atoms with van der Waals surface area (Å²) in [6.07, 6.45) is 8.64. The van der Waals surface area contributed by atoms with Crippen LogP contribution in [0.1, 0.15) is 13.8 Å². The first-order valence-corrected chi connectivity index (χ1v) is 2.03. The Morgan fingerprint density at radius 1 is 1.43 bits per heavy atom. The molecule has 0 N–H and O–H groups in total. The average molecular weight is 88.1 g/mol. The molecule has 1 heteroatoms. The van der Waals surface area contributed by atoms with Crippen LogP contribution in [0.15, 0.2) is 18.2 Å². The van der Waals surface area contributed by atoms with Crippen LogP contribution in [0.2, 0.25) is 0 Å². The third kappa shape index (κ3) is 10.7. The summed E-state index contributed by atoms with van der Waals surface area (Å²) < 4.78 is 0. The van der Waals surface area contributed by atoms with E-state index in [-0.39, 0.29) is 18.9 Å². The Kier molecular flexibility index (Phi) is 13.7. The third-order valence-electron chi connectivity index (χ3n) is 0.455. The molecule has 0 spiro atoms. The second-order valence-corrected chi connectivity index (χ2v) is 0.981. The molecule has 0 unspecified atom stereocenters. The van der Waals surface area contributed by atoms with Gasteiger partial charge in [0, 0.05) is 0 Å². The normalized spacial score (nSPS) is 10.0. The largest absolute Gasteiger partial charge is 1.00 e. The molecule has 0 fully saturated rings. The van der Waals surface area contributed by atoms with Crippen LogP contribution in [0.5, 0.6) is 0 Å². The fraction of sp³-hybridized carbons (Fsp3) is 0.333. The van der Waals surface area contributed by atoms with Gasteiger partial charge in [0.05, 0.1) is 0 Å². The molecule has 0 saturated heterocycles. The Hall–Kier alpha value is 0.0774. The maximum Gasteiger partial charge on any atom is 1.00 e. The molecule has 0 rings (SSSR count). The zero-order chi connectivity index (χ0) is 4.83. The van der Waals surface area contributed by atoms with Gasteiger partial charge in [0.15, 0.2) is 0 Å². The summed E-state index contributed by atoms with van der Waals surface area (Å²) >= 11 is 0. The van der Waals surface area contributed by atoms with Crippen molar-refractivity contribution in [3.05, 3.63) is 24.3 Å². The quantitative estimate of drug-likeness (QED) is 0.218. The molecule has 7 heavy (non-hydrogen) atoms. The molecule has 0 aliphatic rings. The van der Waals surface area contributed by atoms with Gasteiger partial charge < -0.3 is 0 Å². The molecule has 0 saturated carbocycles. The van der Waals surface area contributed by atoms with Crippen LogP contribution in [0.4, 0.5) is 0 Å². The number of allylic oxidation sites excluding steroid dienone is 4. The van der Waals surface area contributed by atoms with Crippen molar-refractivity contribution in [3.8, 4) is 0 Å². The van der Waals surface area contributed by atoms with Crippen molar-refractivity contribution in [2.75, 3.05) is 0 Å². The second-order valence-electron chi connectivity index (χ2n) is 0.981. The fourth-order valence-corrected chi connectivity index (χ4v) is 0.192. The zero-order valence-electron chi connectivity index (χ0n) is 5.23. The van der Waals surface area contributed by atoms with E-state index in [0.717, 1.165) is 0 Å². The predicted molar refractivity (Wildman–Crippen MR) is 28.3 cm³/mol. The minimum Gasteiger partial charge on any atom is -0.279 e. The van der Waals surface area contributed by atoms with E-state index in [9.17, 15) is 0 Å². The van der Waals surface area contributed by atoms with Crippen molar-refractivity contribution in [3.63, 3.8) is 0 Å². The van der Waals surface area contributed by atoms with Gasteiger partial charge in [-0.25, -0.2) is 12.2 Å². The zero-order valence-corrected chi connectivity index (χ0v) is 5.23. The summed E-state index contributed by atoms with van der Waals surface area (Å²) in [6, 6.07) is 0. The van der Waals surface area contributed by atoms with Gasteiger partial charge in [-0.2, -0.15) is 6.08 Å². The fourth-order valence-electron chi connectivity index (χ4n) is 0.192. The minimum atomic E-state index is 0.